The lowest BCUT2D eigenvalue weighted by molar-refractivity contribution is -0.124. The van der Waals surface area contributed by atoms with Crippen molar-refractivity contribution in [3.8, 4) is 0 Å². The van der Waals surface area contributed by atoms with Crippen molar-refractivity contribution in [2.45, 2.75) is 12.5 Å². The number of hydrogen-bond donors (Lipinski definition) is 1. The topological polar surface area (TPSA) is 89.5 Å². The molecule has 0 bridgehead atoms. The molecule has 0 unspecified atom stereocenters. The first kappa shape index (κ1) is 17.1. The van der Waals surface area contributed by atoms with Gasteiger partial charge in [-0.15, -0.1) is 0 Å². The number of carbonyl (C=O) groups is 2. The molecule has 9 heteroatoms. The van der Waals surface area contributed by atoms with Gasteiger partial charge in [-0.2, -0.15) is 0 Å². The van der Waals surface area contributed by atoms with Crippen molar-refractivity contribution in [1.82, 2.24) is 5.32 Å². The summed E-state index contributed by atoms with van der Waals surface area (Å²) in [5.74, 6) is -1.38. The molecule has 0 aromatic heterocycles. The molecule has 120 valence electrons. The molecule has 1 N–H and O–H groups in total. The van der Waals surface area contributed by atoms with Crippen LogP contribution in [0, 0.1) is 0 Å². The van der Waals surface area contributed by atoms with Gasteiger partial charge >= 0.3 is 5.97 Å². The molecule has 1 aliphatic heterocycles. The molecule has 1 heterocycles. The number of sulfone groups is 1. The number of hydrogen-bond acceptors (Lipinski definition) is 5. The summed E-state index contributed by atoms with van der Waals surface area (Å²) in [4.78, 5) is 23.5. The molecule has 1 amide bonds. The highest BCUT2D eigenvalue weighted by Crippen LogP contribution is 2.21. The number of halogens is 2. The van der Waals surface area contributed by atoms with Crippen molar-refractivity contribution in [2.75, 3.05) is 18.1 Å². The molecule has 1 aliphatic rings. The van der Waals surface area contributed by atoms with Crippen molar-refractivity contribution in [2.24, 2.45) is 0 Å². The van der Waals surface area contributed by atoms with Crippen LogP contribution in [0.1, 0.15) is 16.8 Å². The zero-order valence-corrected chi connectivity index (χ0v) is 13.7. The van der Waals surface area contributed by atoms with Gasteiger partial charge in [-0.1, -0.05) is 23.2 Å². The van der Waals surface area contributed by atoms with Gasteiger partial charge in [0.1, 0.15) is 0 Å². The predicted molar refractivity (Wildman–Crippen MR) is 81.9 cm³/mol. The summed E-state index contributed by atoms with van der Waals surface area (Å²) in [5.41, 5.74) is 0.0606. The van der Waals surface area contributed by atoms with E-state index in [1.54, 1.807) is 0 Å². The van der Waals surface area contributed by atoms with Gasteiger partial charge < -0.3 is 10.1 Å². The molecule has 2 rings (SSSR count). The average molecular weight is 366 g/mol. The van der Waals surface area contributed by atoms with E-state index in [0.717, 1.165) is 0 Å². The lowest BCUT2D eigenvalue weighted by Crippen LogP contribution is -2.38. The number of esters is 1. The summed E-state index contributed by atoms with van der Waals surface area (Å²) in [6.45, 7) is -0.516. The number of rotatable bonds is 4. The van der Waals surface area contributed by atoms with E-state index in [0.29, 0.717) is 11.4 Å². The highest BCUT2D eigenvalue weighted by molar-refractivity contribution is 7.91. The summed E-state index contributed by atoms with van der Waals surface area (Å²) in [6.07, 6.45) is 0.363. The quantitative estimate of drug-likeness (QED) is 0.815. The zero-order valence-electron chi connectivity index (χ0n) is 11.3. The molecular formula is C13H13Cl2NO5S. The van der Waals surface area contributed by atoms with Crippen LogP contribution < -0.4 is 5.32 Å². The van der Waals surface area contributed by atoms with Crippen LogP contribution >= 0.6 is 23.2 Å². The van der Waals surface area contributed by atoms with E-state index in [2.05, 4.69) is 5.32 Å². The summed E-state index contributed by atoms with van der Waals surface area (Å²) < 4.78 is 27.4. The maximum Gasteiger partial charge on any atom is 0.340 e. The number of ether oxygens (including phenoxy) is 1. The Morgan fingerprint density at radius 1 is 1.32 bits per heavy atom. The molecule has 22 heavy (non-hydrogen) atoms. The second-order valence-corrected chi connectivity index (χ2v) is 7.94. The largest absolute Gasteiger partial charge is 0.452 e. The molecule has 6 nitrogen and oxygen atoms in total. The van der Waals surface area contributed by atoms with E-state index >= 15 is 0 Å². The van der Waals surface area contributed by atoms with Crippen LogP contribution in [0.25, 0.3) is 0 Å². The number of nitrogens with one attached hydrogen (secondary N) is 1. The van der Waals surface area contributed by atoms with Gasteiger partial charge in [-0.05, 0) is 24.6 Å². The molecule has 1 aromatic rings. The van der Waals surface area contributed by atoms with E-state index in [-0.39, 0.29) is 22.1 Å². The smallest absolute Gasteiger partial charge is 0.340 e. The van der Waals surface area contributed by atoms with E-state index in [4.69, 9.17) is 27.9 Å². The zero-order chi connectivity index (χ0) is 16.3. The van der Waals surface area contributed by atoms with Crippen molar-refractivity contribution >= 4 is 44.9 Å². The SMILES string of the molecule is O=C(COC(=O)c1cc(Cl)ccc1Cl)N[C@@H]1CCS(=O)(=O)C1. The Morgan fingerprint density at radius 3 is 2.68 bits per heavy atom. The Hall–Kier alpha value is -1.31. The highest BCUT2D eigenvalue weighted by Gasteiger charge is 2.29. The van der Waals surface area contributed by atoms with Crippen LogP contribution in [0.3, 0.4) is 0 Å². The summed E-state index contributed by atoms with van der Waals surface area (Å²) in [5, 5.41) is 2.99. The Kier molecular flexibility index (Phi) is 5.31. The highest BCUT2D eigenvalue weighted by atomic mass is 35.5. The average Bonchev–Trinajstić information content (AvgIpc) is 2.78. The molecule has 0 saturated carbocycles. The minimum Gasteiger partial charge on any atom is -0.452 e. The van der Waals surface area contributed by atoms with Gasteiger partial charge in [-0.3, -0.25) is 4.79 Å². The molecule has 0 spiro atoms. The lowest BCUT2D eigenvalue weighted by Gasteiger charge is -2.11. The first-order chi connectivity index (χ1) is 10.3. The molecular weight excluding hydrogens is 353 g/mol. The minimum absolute atomic E-state index is 0.0514. The molecule has 1 saturated heterocycles. The fourth-order valence-corrected chi connectivity index (χ4v) is 4.08. The van der Waals surface area contributed by atoms with E-state index in [1.807, 2.05) is 0 Å². The van der Waals surface area contributed by atoms with E-state index in [1.165, 1.54) is 18.2 Å². The van der Waals surface area contributed by atoms with Crippen LogP contribution in [0.5, 0.6) is 0 Å². The van der Waals surface area contributed by atoms with Gasteiger partial charge in [0.05, 0.1) is 22.1 Å². The standard InChI is InChI=1S/C13H13Cl2NO5S/c14-8-1-2-11(15)10(5-8)13(18)21-6-12(17)16-9-3-4-22(19,20)7-9/h1-2,5,9H,3-4,6-7H2,(H,16,17)/t9-/m1/s1. The number of benzene rings is 1. The Balaban J connectivity index is 1.86. The van der Waals surface area contributed by atoms with E-state index in [9.17, 15) is 18.0 Å². The summed E-state index contributed by atoms with van der Waals surface area (Å²) in [6, 6.07) is 3.87. The van der Waals surface area contributed by atoms with Crippen LogP contribution in [0.2, 0.25) is 10.0 Å². The third-order valence-corrected chi connectivity index (χ3v) is 5.41. The van der Waals surface area contributed by atoms with E-state index < -0.39 is 34.4 Å². The third-order valence-electron chi connectivity index (χ3n) is 3.08. The maximum absolute atomic E-state index is 11.8. The predicted octanol–water partition coefficient (Wildman–Crippen LogP) is 1.45. The Labute approximate surface area is 137 Å². The van der Waals surface area contributed by atoms with Crippen LogP contribution in [0.4, 0.5) is 0 Å². The van der Waals surface area contributed by atoms with Gasteiger partial charge in [0.2, 0.25) is 0 Å². The molecule has 1 atom stereocenters. The maximum atomic E-state index is 11.8. The lowest BCUT2D eigenvalue weighted by atomic mass is 10.2. The second kappa shape index (κ2) is 6.85. The monoisotopic (exact) mass is 365 g/mol. The second-order valence-electron chi connectivity index (χ2n) is 4.87. The molecule has 0 radical (unpaired) electrons. The molecule has 0 aliphatic carbocycles. The molecule has 1 fully saturated rings. The van der Waals surface area contributed by atoms with Crippen molar-refractivity contribution in [3.05, 3.63) is 33.8 Å². The van der Waals surface area contributed by atoms with Crippen LogP contribution in [-0.2, 0) is 19.4 Å². The van der Waals surface area contributed by atoms with Crippen LogP contribution in [0.15, 0.2) is 18.2 Å². The minimum atomic E-state index is -3.08. The Morgan fingerprint density at radius 2 is 2.05 bits per heavy atom. The molecule has 1 aromatic carbocycles. The number of carbonyl (C=O) groups excluding carboxylic acids is 2. The first-order valence-corrected chi connectivity index (χ1v) is 8.96. The van der Waals surface area contributed by atoms with Gasteiger partial charge in [0, 0.05) is 11.1 Å². The van der Waals surface area contributed by atoms with Gasteiger partial charge in [0.25, 0.3) is 5.91 Å². The van der Waals surface area contributed by atoms with Crippen molar-refractivity contribution in [1.29, 1.82) is 0 Å². The summed E-state index contributed by atoms with van der Waals surface area (Å²) in [7, 11) is -3.08. The third kappa shape index (κ3) is 4.59. The first-order valence-electron chi connectivity index (χ1n) is 6.39. The fourth-order valence-electron chi connectivity index (χ4n) is 2.04. The summed E-state index contributed by atoms with van der Waals surface area (Å²) >= 11 is 11.6. The van der Waals surface area contributed by atoms with Crippen LogP contribution in [-0.4, -0.2) is 44.4 Å². The van der Waals surface area contributed by atoms with Crippen molar-refractivity contribution < 1.29 is 22.7 Å². The van der Waals surface area contributed by atoms with Gasteiger partial charge in [0.15, 0.2) is 16.4 Å². The normalized spacial score (nSPS) is 19.6. The van der Waals surface area contributed by atoms with Crippen molar-refractivity contribution in [3.63, 3.8) is 0 Å². The Bertz CT molecular complexity index is 704. The number of amides is 1. The van der Waals surface area contributed by atoms with Gasteiger partial charge in [-0.25, -0.2) is 13.2 Å². The fraction of sp³-hybridized carbons (Fsp3) is 0.385.